The van der Waals surface area contributed by atoms with Gasteiger partial charge in [-0.1, -0.05) is 0 Å². The maximum absolute atomic E-state index is 12.7. The molecule has 0 unspecified atom stereocenters. The molecule has 1 aromatic rings. The molecule has 0 N–H and O–H groups in total. The molecule has 3 amide bonds. The van der Waals surface area contributed by atoms with Gasteiger partial charge in [0, 0.05) is 37.5 Å². The molecule has 25 heavy (non-hydrogen) atoms. The first-order valence-electron chi connectivity index (χ1n) is 8.31. The Hall–Kier alpha value is -2.57. The van der Waals surface area contributed by atoms with E-state index in [0.717, 1.165) is 0 Å². The van der Waals surface area contributed by atoms with Gasteiger partial charge < -0.3 is 14.1 Å². The molecule has 2 aliphatic heterocycles. The number of piperidine rings is 1. The van der Waals surface area contributed by atoms with E-state index in [1.54, 1.807) is 43.9 Å². The molecule has 2 fully saturated rings. The third kappa shape index (κ3) is 3.18. The number of rotatable bonds is 2. The molecule has 1 aromatic heterocycles. The Labute approximate surface area is 146 Å². The summed E-state index contributed by atoms with van der Waals surface area (Å²) in [5.41, 5.74) is -1.76. The minimum atomic E-state index is -1.13. The maximum atomic E-state index is 12.7. The first-order chi connectivity index (χ1) is 11.7. The van der Waals surface area contributed by atoms with Crippen molar-refractivity contribution in [1.82, 2.24) is 9.80 Å². The largest absolute Gasteiger partial charge is 0.465 e. The molecule has 2 saturated heterocycles. The molecule has 3 heterocycles. The third-order valence-corrected chi connectivity index (χ3v) is 4.55. The molecule has 0 aliphatic carbocycles. The summed E-state index contributed by atoms with van der Waals surface area (Å²) < 4.78 is 10.6. The van der Waals surface area contributed by atoms with E-state index in [4.69, 9.17) is 9.15 Å². The smallest absolute Gasteiger partial charge is 0.418 e. The molecule has 0 atom stereocenters. The van der Waals surface area contributed by atoms with Gasteiger partial charge in [0.05, 0.1) is 6.26 Å². The summed E-state index contributed by atoms with van der Waals surface area (Å²) >= 11 is 0. The Morgan fingerprint density at radius 3 is 2.44 bits per heavy atom. The molecule has 134 valence electrons. The van der Waals surface area contributed by atoms with Gasteiger partial charge in [-0.05, 0) is 39.0 Å². The Balaban J connectivity index is 1.65. The van der Waals surface area contributed by atoms with Gasteiger partial charge in [0.15, 0.2) is 5.60 Å². The van der Waals surface area contributed by atoms with Crippen LogP contribution in [0.2, 0.25) is 0 Å². The molecule has 7 nitrogen and oxygen atoms in total. The van der Waals surface area contributed by atoms with Crippen molar-refractivity contribution in [3.05, 3.63) is 30.2 Å². The lowest BCUT2D eigenvalue weighted by atomic mass is 9.89. The molecule has 0 aromatic carbocycles. The monoisotopic (exact) mass is 346 g/mol. The average Bonchev–Trinajstić information content (AvgIpc) is 3.12. The van der Waals surface area contributed by atoms with Crippen LogP contribution >= 0.6 is 0 Å². The standard InChI is InChI=1S/C18H22N2O5/c1-17(2,3)20-15(22)18(25-16(20)23)8-10-19(11-9-18)14(21)7-6-13-5-4-12-24-13/h4-7,12H,8-11H2,1-3H3. The highest BCUT2D eigenvalue weighted by Gasteiger charge is 2.57. The molecule has 0 bridgehead atoms. The fraction of sp³-hybridized carbons (Fsp3) is 0.500. The predicted molar refractivity (Wildman–Crippen MR) is 89.4 cm³/mol. The Bertz CT molecular complexity index is 706. The number of ether oxygens (including phenoxy) is 1. The lowest BCUT2D eigenvalue weighted by Crippen LogP contribution is -2.53. The van der Waals surface area contributed by atoms with Crippen molar-refractivity contribution in [2.75, 3.05) is 13.1 Å². The van der Waals surface area contributed by atoms with Gasteiger partial charge in [-0.15, -0.1) is 0 Å². The number of carbonyl (C=O) groups is 3. The minimum absolute atomic E-state index is 0.157. The highest BCUT2D eigenvalue weighted by Crippen LogP contribution is 2.37. The number of hydrogen-bond donors (Lipinski definition) is 0. The van der Waals surface area contributed by atoms with Gasteiger partial charge in [-0.3, -0.25) is 9.59 Å². The normalized spacial score (nSPS) is 20.6. The van der Waals surface area contributed by atoms with E-state index >= 15 is 0 Å². The number of amides is 3. The van der Waals surface area contributed by atoms with Crippen LogP contribution < -0.4 is 0 Å². The van der Waals surface area contributed by atoms with Crippen molar-refractivity contribution in [2.45, 2.75) is 44.8 Å². The topological polar surface area (TPSA) is 80.1 Å². The zero-order chi connectivity index (χ0) is 18.2. The zero-order valence-corrected chi connectivity index (χ0v) is 14.7. The molecule has 3 rings (SSSR count). The number of carbonyl (C=O) groups excluding carboxylic acids is 3. The molecule has 7 heteroatoms. The van der Waals surface area contributed by atoms with E-state index in [9.17, 15) is 14.4 Å². The van der Waals surface area contributed by atoms with E-state index in [2.05, 4.69) is 0 Å². The van der Waals surface area contributed by atoms with E-state index in [1.165, 1.54) is 17.2 Å². The van der Waals surface area contributed by atoms with Crippen LogP contribution in [-0.2, 0) is 14.3 Å². The fourth-order valence-corrected chi connectivity index (χ4v) is 3.17. The van der Waals surface area contributed by atoms with E-state index in [-0.39, 0.29) is 11.8 Å². The lowest BCUT2D eigenvalue weighted by Gasteiger charge is -2.36. The van der Waals surface area contributed by atoms with E-state index < -0.39 is 17.2 Å². The molecule has 1 spiro atoms. The summed E-state index contributed by atoms with van der Waals surface area (Å²) in [5, 5.41) is 0. The van der Waals surface area contributed by atoms with Crippen LogP contribution in [0.15, 0.2) is 28.9 Å². The van der Waals surface area contributed by atoms with Crippen molar-refractivity contribution in [1.29, 1.82) is 0 Å². The molecular weight excluding hydrogens is 324 g/mol. The number of imide groups is 1. The van der Waals surface area contributed by atoms with Gasteiger partial charge in [-0.25, -0.2) is 9.69 Å². The summed E-state index contributed by atoms with van der Waals surface area (Å²) in [6.45, 7) is 6.10. The molecular formula is C18H22N2O5. The van der Waals surface area contributed by atoms with Crippen molar-refractivity contribution < 1.29 is 23.5 Å². The first kappa shape index (κ1) is 17.3. The number of hydrogen-bond acceptors (Lipinski definition) is 5. The average molecular weight is 346 g/mol. The van der Waals surface area contributed by atoms with Crippen LogP contribution in [-0.4, -0.2) is 51.9 Å². The summed E-state index contributed by atoms with van der Waals surface area (Å²) in [4.78, 5) is 40.0. The molecule has 0 saturated carbocycles. The molecule has 0 radical (unpaired) electrons. The minimum Gasteiger partial charge on any atom is -0.465 e. The van der Waals surface area contributed by atoms with Crippen molar-refractivity contribution in [3.8, 4) is 0 Å². The third-order valence-electron chi connectivity index (χ3n) is 4.55. The fourth-order valence-electron chi connectivity index (χ4n) is 3.17. The van der Waals surface area contributed by atoms with Gasteiger partial charge in [-0.2, -0.15) is 0 Å². The van der Waals surface area contributed by atoms with E-state index in [1.807, 2.05) is 0 Å². The highest BCUT2D eigenvalue weighted by atomic mass is 16.6. The van der Waals surface area contributed by atoms with Gasteiger partial charge in [0.2, 0.25) is 5.91 Å². The van der Waals surface area contributed by atoms with Gasteiger partial charge in [0.1, 0.15) is 5.76 Å². The van der Waals surface area contributed by atoms with Crippen LogP contribution in [0.25, 0.3) is 6.08 Å². The van der Waals surface area contributed by atoms with Crippen LogP contribution in [0.3, 0.4) is 0 Å². The summed E-state index contributed by atoms with van der Waals surface area (Å²) in [6, 6.07) is 3.50. The van der Waals surface area contributed by atoms with Crippen LogP contribution in [0, 0.1) is 0 Å². The zero-order valence-electron chi connectivity index (χ0n) is 14.7. The number of furan rings is 1. The number of likely N-dealkylation sites (tertiary alicyclic amines) is 1. The summed E-state index contributed by atoms with van der Waals surface area (Å²) in [5.74, 6) is 0.140. The Morgan fingerprint density at radius 2 is 1.92 bits per heavy atom. The maximum Gasteiger partial charge on any atom is 0.418 e. The Morgan fingerprint density at radius 1 is 1.24 bits per heavy atom. The predicted octanol–water partition coefficient (Wildman–Crippen LogP) is 2.43. The van der Waals surface area contributed by atoms with Crippen LogP contribution in [0.1, 0.15) is 39.4 Å². The SMILES string of the molecule is CC(C)(C)N1C(=O)OC2(CCN(C(=O)C=Cc3ccco3)CC2)C1=O. The summed E-state index contributed by atoms with van der Waals surface area (Å²) in [7, 11) is 0. The summed E-state index contributed by atoms with van der Waals surface area (Å²) in [6.07, 6.45) is 4.61. The van der Waals surface area contributed by atoms with Crippen molar-refractivity contribution in [2.24, 2.45) is 0 Å². The second kappa shape index (κ2) is 6.06. The van der Waals surface area contributed by atoms with Crippen LogP contribution in [0.4, 0.5) is 4.79 Å². The van der Waals surface area contributed by atoms with E-state index in [0.29, 0.717) is 31.7 Å². The van der Waals surface area contributed by atoms with Crippen LogP contribution in [0.5, 0.6) is 0 Å². The Kier molecular flexibility index (Phi) is 4.18. The quantitative estimate of drug-likeness (QED) is 0.769. The van der Waals surface area contributed by atoms with Gasteiger partial charge >= 0.3 is 6.09 Å². The number of nitrogens with zero attached hydrogens (tertiary/aromatic N) is 2. The van der Waals surface area contributed by atoms with Crippen molar-refractivity contribution in [3.63, 3.8) is 0 Å². The molecule has 2 aliphatic rings. The second-order valence-electron chi connectivity index (χ2n) is 7.35. The second-order valence-corrected chi connectivity index (χ2v) is 7.35. The first-order valence-corrected chi connectivity index (χ1v) is 8.31. The van der Waals surface area contributed by atoms with Crippen molar-refractivity contribution >= 4 is 24.0 Å². The highest BCUT2D eigenvalue weighted by molar-refractivity contribution is 6.04. The van der Waals surface area contributed by atoms with Gasteiger partial charge in [0.25, 0.3) is 5.91 Å². The lowest BCUT2D eigenvalue weighted by molar-refractivity contribution is -0.145.